The Hall–Kier alpha value is -3.35. The molecule has 2 aromatic heterocycles. The third-order valence-corrected chi connectivity index (χ3v) is 6.23. The van der Waals surface area contributed by atoms with Gasteiger partial charge in [0.2, 0.25) is 5.91 Å². The number of likely N-dealkylation sites (tertiary alicyclic amines) is 1. The number of amides is 1. The molecule has 4 aromatic rings. The van der Waals surface area contributed by atoms with Crippen LogP contribution < -0.4 is 5.32 Å². The molecule has 0 aliphatic carbocycles. The molecule has 1 aliphatic rings. The van der Waals surface area contributed by atoms with E-state index in [1.165, 1.54) is 5.39 Å². The molecule has 5 rings (SSSR count). The number of benzene rings is 2. The number of rotatable bonds is 7. The largest absolute Gasteiger partial charge is 0.462 e. The molecule has 1 aliphatic heterocycles. The summed E-state index contributed by atoms with van der Waals surface area (Å²) in [6, 6.07) is 22.3. The first kappa shape index (κ1) is 21.5. The lowest BCUT2D eigenvalue weighted by Crippen LogP contribution is -2.40. The van der Waals surface area contributed by atoms with Crippen molar-refractivity contribution in [1.82, 2.24) is 9.88 Å². The van der Waals surface area contributed by atoms with Crippen LogP contribution >= 0.6 is 0 Å². The molecule has 170 valence electrons. The molecular formula is C27H29N3O3. The maximum Gasteiger partial charge on any atom is 0.228 e. The van der Waals surface area contributed by atoms with Crippen LogP contribution in [0.5, 0.6) is 0 Å². The molecule has 1 atom stereocenters. The lowest BCUT2D eigenvalue weighted by atomic mass is 9.97. The van der Waals surface area contributed by atoms with Gasteiger partial charge in [0.25, 0.3) is 0 Å². The number of hydrogen-bond acceptors (Lipinski definition) is 4. The van der Waals surface area contributed by atoms with Gasteiger partial charge in [0.15, 0.2) is 0 Å². The van der Waals surface area contributed by atoms with Gasteiger partial charge in [-0.25, -0.2) is 0 Å². The van der Waals surface area contributed by atoms with Crippen molar-refractivity contribution >= 4 is 22.5 Å². The molecule has 0 saturated carbocycles. The predicted molar refractivity (Wildman–Crippen MR) is 130 cm³/mol. The zero-order valence-corrected chi connectivity index (χ0v) is 18.8. The normalized spacial score (nSPS) is 16.8. The van der Waals surface area contributed by atoms with Gasteiger partial charge < -0.3 is 19.5 Å². The van der Waals surface area contributed by atoms with Crippen molar-refractivity contribution < 1.29 is 13.9 Å². The molecule has 6 nitrogen and oxygen atoms in total. The summed E-state index contributed by atoms with van der Waals surface area (Å²) in [6.07, 6.45) is 1.90. The first-order valence-electron chi connectivity index (χ1n) is 11.5. The Balaban J connectivity index is 1.23. The number of methoxy groups -OCH3 is 1. The summed E-state index contributed by atoms with van der Waals surface area (Å²) in [7, 11) is 1.66. The molecule has 1 amide bonds. The third-order valence-electron chi connectivity index (χ3n) is 6.23. The lowest BCUT2D eigenvalue weighted by Gasteiger charge is -2.31. The fourth-order valence-corrected chi connectivity index (χ4v) is 4.60. The first-order chi connectivity index (χ1) is 16.2. The molecule has 2 N–H and O–H groups in total. The molecular weight excluding hydrogens is 414 g/mol. The molecule has 1 saturated heterocycles. The zero-order chi connectivity index (χ0) is 22.6. The van der Waals surface area contributed by atoms with Gasteiger partial charge in [-0.3, -0.25) is 9.69 Å². The Morgan fingerprint density at radius 2 is 2.00 bits per heavy atom. The molecule has 3 heterocycles. The van der Waals surface area contributed by atoms with E-state index in [0.717, 1.165) is 59.9 Å². The van der Waals surface area contributed by atoms with Crippen molar-refractivity contribution in [2.24, 2.45) is 5.92 Å². The van der Waals surface area contributed by atoms with Gasteiger partial charge in [-0.2, -0.15) is 0 Å². The number of aromatic amines is 1. The van der Waals surface area contributed by atoms with E-state index in [2.05, 4.69) is 39.5 Å². The maximum absolute atomic E-state index is 13.1. The fraction of sp³-hybridized carbons (Fsp3) is 0.296. The van der Waals surface area contributed by atoms with E-state index in [0.29, 0.717) is 13.2 Å². The van der Waals surface area contributed by atoms with Gasteiger partial charge in [-0.05, 0) is 55.8 Å². The number of ether oxygens (including phenoxy) is 1. The summed E-state index contributed by atoms with van der Waals surface area (Å²) in [6.45, 7) is 2.89. The lowest BCUT2D eigenvalue weighted by molar-refractivity contribution is -0.121. The summed E-state index contributed by atoms with van der Waals surface area (Å²) < 4.78 is 11.0. The highest BCUT2D eigenvalue weighted by molar-refractivity contribution is 5.94. The Bertz CT molecular complexity index is 1210. The van der Waals surface area contributed by atoms with E-state index in [1.807, 2.05) is 42.5 Å². The van der Waals surface area contributed by atoms with Crippen LogP contribution in [-0.4, -0.2) is 36.0 Å². The van der Waals surface area contributed by atoms with Crippen LogP contribution in [0.15, 0.2) is 71.1 Å². The number of fused-ring (bicyclic) bond motifs is 1. The molecule has 33 heavy (non-hydrogen) atoms. The first-order valence-corrected chi connectivity index (χ1v) is 11.5. The quantitative estimate of drug-likeness (QED) is 0.400. The van der Waals surface area contributed by atoms with Crippen LogP contribution in [0.3, 0.4) is 0 Å². The third kappa shape index (κ3) is 5.02. The summed E-state index contributed by atoms with van der Waals surface area (Å²) >= 11 is 0. The Morgan fingerprint density at radius 1 is 1.12 bits per heavy atom. The van der Waals surface area contributed by atoms with E-state index in [9.17, 15) is 4.79 Å². The second-order valence-corrected chi connectivity index (χ2v) is 8.72. The van der Waals surface area contributed by atoms with Crippen LogP contribution in [0.2, 0.25) is 0 Å². The van der Waals surface area contributed by atoms with Crippen molar-refractivity contribution in [3.05, 3.63) is 78.3 Å². The van der Waals surface area contributed by atoms with Crippen LogP contribution in [0, 0.1) is 5.92 Å². The number of aromatic nitrogens is 1. The van der Waals surface area contributed by atoms with E-state index >= 15 is 0 Å². The zero-order valence-electron chi connectivity index (χ0n) is 18.8. The molecule has 1 unspecified atom stereocenters. The van der Waals surface area contributed by atoms with Crippen LogP contribution in [0.25, 0.3) is 22.2 Å². The summed E-state index contributed by atoms with van der Waals surface area (Å²) in [4.78, 5) is 18.8. The van der Waals surface area contributed by atoms with Crippen molar-refractivity contribution in [2.75, 3.05) is 25.5 Å². The van der Waals surface area contributed by atoms with Gasteiger partial charge >= 0.3 is 0 Å². The minimum absolute atomic E-state index is 0.0381. The summed E-state index contributed by atoms with van der Waals surface area (Å²) in [5.41, 5.74) is 4.03. The van der Waals surface area contributed by atoms with Crippen molar-refractivity contribution in [3.8, 4) is 11.3 Å². The van der Waals surface area contributed by atoms with E-state index < -0.39 is 0 Å². The summed E-state index contributed by atoms with van der Waals surface area (Å²) in [5, 5.41) is 4.32. The van der Waals surface area contributed by atoms with Crippen LogP contribution in [0.4, 0.5) is 5.69 Å². The van der Waals surface area contributed by atoms with Gasteiger partial charge in [-0.1, -0.05) is 30.3 Å². The number of furan rings is 1. The number of anilines is 1. The Morgan fingerprint density at radius 3 is 2.88 bits per heavy atom. The molecule has 0 spiro atoms. The molecule has 0 radical (unpaired) electrons. The van der Waals surface area contributed by atoms with E-state index in [4.69, 9.17) is 9.15 Å². The molecule has 1 fully saturated rings. The van der Waals surface area contributed by atoms with Gasteiger partial charge in [-0.15, -0.1) is 0 Å². The number of nitrogens with one attached hydrogen (secondary N) is 2. The molecule has 0 bridgehead atoms. The van der Waals surface area contributed by atoms with Crippen molar-refractivity contribution in [3.63, 3.8) is 0 Å². The van der Waals surface area contributed by atoms with E-state index in [-0.39, 0.29) is 11.8 Å². The van der Waals surface area contributed by atoms with Crippen LogP contribution in [-0.2, 0) is 22.7 Å². The molecule has 6 heteroatoms. The Kier molecular flexibility index (Phi) is 6.28. The van der Waals surface area contributed by atoms with Gasteiger partial charge in [0, 0.05) is 41.5 Å². The topological polar surface area (TPSA) is 70.5 Å². The second kappa shape index (κ2) is 9.65. The second-order valence-electron chi connectivity index (χ2n) is 8.72. The van der Waals surface area contributed by atoms with Crippen LogP contribution in [0.1, 0.15) is 24.4 Å². The highest BCUT2D eigenvalue weighted by Crippen LogP contribution is 2.27. The SMILES string of the molecule is COCc1ccc(CN2CCCC(C(=O)Nc3cccc(-c4cc5ccccc5[nH]4)c3)C2)o1. The standard InChI is InChI=1S/C27H29N3O3/c1-32-18-24-12-11-23(33-24)17-30-13-5-8-21(16-30)27(31)28-22-9-4-7-19(14-22)26-15-20-6-2-3-10-25(20)29-26/h2-4,6-7,9-12,14-15,21,29H,5,8,13,16-18H2,1H3,(H,28,31). The van der Waals surface area contributed by atoms with Crippen molar-refractivity contribution in [2.45, 2.75) is 26.0 Å². The number of H-pyrrole nitrogens is 1. The number of hydrogen-bond donors (Lipinski definition) is 2. The fourth-order valence-electron chi connectivity index (χ4n) is 4.60. The number of para-hydroxylation sites is 1. The number of carbonyl (C=O) groups is 1. The van der Waals surface area contributed by atoms with Gasteiger partial charge in [0.1, 0.15) is 18.1 Å². The highest BCUT2D eigenvalue weighted by Gasteiger charge is 2.26. The molecule has 2 aromatic carbocycles. The minimum atomic E-state index is -0.0381. The monoisotopic (exact) mass is 443 g/mol. The predicted octanol–water partition coefficient (Wildman–Crippen LogP) is 5.43. The van der Waals surface area contributed by atoms with Gasteiger partial charge in [0.05, 0.1) is 12.5 Å². The minimum Gasteiger partial charge on any atom is -0.462 e. The number of nitrogens with zero attached hydrogens (tertiary/aromatic N) is 1. The average Bonchev–Trinajstić information content (AvgIpc) is 3.46. The maximum atomic E-state index is 13.1. The average molecular weight is 444 g/mol. The smallest absolute Gasteiger partial charge is 0.228 e. The van der Waals surface area contributed by atoms with Crippen molar-refractivity contribution in [1.29, 1.82) is 0 Å². The highest BCUT2D eigenvalue weighted by atomic mass is 16.5. The number of piperidine rings is 1. The Labute approximate surface area is 193 Å². The summed E-state index contributed by atoms with van der Waals surface area (Å²) in [5.74, 6) is 1.78. The van der Waals surface area contributed by atoms with E-state index in [1.54, 1.807) is 7.11 Å². The number of carbonyl (C=O) groups excluding carboxylic acids is 1.